The third-order valence-electron chi connectivity index (χ3n) is 14.0. The molecule has 12 aromatic carbocycles. The van der Waals surface area contributed by atoms with Crippen molar-refractivity contribution in [2.24, 2.45) is 0 Å². The molecule has 1 aromatic heterocycles. The molecule has 0 amide bonds. The van der Waals surface area contributed by atoms with Gasteiger partial charge in [-0.2, -0.15) is 0 Å². The molecule has 0 N–H and O–H groups in total. The van der Waals surface area contributed by atoms with Crippen molar-refractivity contribution in [1.29, 1.82) is 0 Å². The van der Waals surface area contributed by atoms with Gasteiger partial charge in [0.2, 0.25) is 0 Å². The van der Waals surface area contributed by atoms with Crippen molar-refractivity contribution in [2.75, 3.05) is 4.90 Å². The minimum absolute atomic E-state index is 1.08. The maximum Gasteiger partial charge on any atom is 0.0541 e. The average molecular weight is 891 g/mol. The standard InChI is InChI=1S/C68H46N2/c1-4-22-47(23-5-1)54-36-18-26-49-28-20-38-59(67(49)54)56-33-11-16-42-64(56)70(65-43-17-12-34-57(65)60-39-21-29-50-27-19-37-55(68(50)60)48-24-6-2-7-25-48)62-40-14-10-32-53(62)51-44-45-66-61(46-51)58-35-13-15-41-63(58)69(66)52-30-8-3-9-31-52/h1-46H. The summed E-state index contributed by atoms with van der Waals surface area (Å²) in [5, 5.41) is 7.30. The molecular weight excluding hydrogens is 845 g/mol. The van der Waals surface area contributed by atoms with Gasteiger partial charge in [-0.1, -0.05) is 231 Å². The molecule has 13 rings (SSSR count). The van der Waals surface area contributed by atoms with Crippen LogP contribution < -0.4 is 4.90 Å². The van der Waals surface area contributed by atoms with E-state index in [1.165, 1.54) is 76.7 Å². The van der Waals surface area contributed by atoms with E-state index in [9.17, 15) is 0 Å². The van der Waals surface area contributed by atoms with E-state index in [4.69, 9.17) is 0 Å². The van der Waals surface area contributed by atoms with Crippen molar-refractivity contribution >= 4 is 60.4 Å². The van der Waals surface area contributed by atoms with Crippen LogP contribution in [0.1, 0.15) is 0 Å². The Labute approximate surface area is 408 Å². The maximum absolute atomic E-state index is 2.53. The molecule has 0 saturated heterocycles. The van der Waals surface area contributed by atoms with Crippen molar-refractivity contribution in [1.82, 2.24) is 4.57 Å². The van der Waals surface area contributed by atoms with Crippen LogP contribution in [-0.2, 0) is 0 Å². The number of rotatable bonds is 9. The van der Waals surface area contributed by atoms with E-state index in [-0.39, 0.29) is 0 Å². The van der Waals surface area contributed by atoms with Crippen LogP contribution in [0.2, 0.25) is 0 Å². The van der Waals surface area contributed by atoms with E-state index >= 15 is 0 Å². The second-order valence-electron chi connectivity index (χ2n) is 18.0. The summed E-state index contributed by atoms with van der Waals surface area (Å²) in [7, 11) is 0. The molecular formula is C68H46N2. The fraction of sp³-hybridized carbons (Fsp3) is 0. The highest BCUT2D eigenvalue weighted by atomic mass is 15.1. The minimum atomic E-state index is 1.08. The first-order chi connectivity index (χ1) is 34.8. The van der Waals surface area contributed by atoms with E-state index in [2.05, 4.69) is 289 Å². The molecule has 0 fully saturated rings. The van der Waals surface area contributed by atoms with Gasteiger partial charge in [0.25, 0.3) is 0 Å². The fourth-order valence-corrected chi connectivity index (χ4v) is 10.9. The van der Waals surface area contributed by atoms with E-state index < -0.39 is 0 Å². The van der Waals surface area contributed by atoms with Crippen molar-refractivity contribution in [3.8, 4) is 61.3 Å². The van der Waals surface area contributed by atoms with Crippen LogP contribution >= 0.6 is 0 Å². The first-order valence-electron chi connectivity index (χ1n) is 24.1. The predicted molar refractivity (Wildman–Crippen MR) is 298 cm³/mol. The Kier molecular flexibility index (Phi) is 10.2. The second-order valence-corrected chi connectivity index (χ2v) is 18.0. The van der Waals surface area contributed by atoms with E-state index in [0.717, 1.165) is 45.0 Å². The summed E-state index contributed by atoms with van der Waals surface area (Å²) in [6.45, 7) is 0. The van der Waals surface area contributed by atoms with Gasteiger partial charge < -0.3 is 9.47 Å². The van der Waals surface area contributed by atoms with Crippen LogP contribution in [0.4, 0.5) is 17.1 Å². The van der Waals surface area contributed by atoms with Crippen LogP contribution in [0, 0.1) is 0 Å². The highest BCUT2D eigenvalue weighted by Gasteiger charge is 2.26. The molecule has 0 saturated carbocycles. The molecule has 70 heavy (non-hydrogen) atoms. The zero-order valence-electron chi connectivity index (χ0n) is 38.5. The Morgan fingerprint density at radius 3 is 1.19 bits per heavy atom. The normalized spacial score (nSPS) is 11.4. The molecule has 328 valence electrons. The molecule has 0 aliphatic rings. The van der Waals surface area contributed by atoms with E-state index in [1.54, 1.807) is 0 Å². The van der Waals surface area contributed by atoms with Gasteiger partial charge in [0.1, 0.15) is 0 Å². The maximum atomic E-state index is 2.53. The third kappa shape index (κ3) is 6.97. The molecule has 2 heteroatoms. The zero-order chi connectivity index (χ0) is 46.4. The molecule has 1 heterocycles. The van der Waals surface area contributed by atoms with Gasteiger partial charge >= 0.3 is 0 Å². The van der Waals surface area contributed by atoms with Crippen LogP contribution in [-0.4, -0.2) is 4.57 Å². The van der Waals surface area contributed by atoms with Crippen molar-refractivity contribution < 1.29 is 0 Å². The third-order valence-corrected chi connectivity index (χ3v) is 14.0. The number of para-hydroxylation sites is 5. The number of fused-ring (bicyclic) bond motifs is 5. The molecule has 0 bridgehead atoms. The molecule has 0 aliphatic heterocycles. The predicted octanol–water partition coefficient (Wildman–Crippen LogP) is 18.9. The Morgan fingerprint density at radius 2 is 0.643 bits per heavy atom. The first kappa shape index (κ1) is 41.0. The summed E-state index contributed by atoms with van der Waals surface area (Å²) < 4.78 is 2.39. The summed E-state index contributed by atoms with van der Waals surface area (Å²) in [6, 6.07) is 102. The molecule has 13 aromatic rings. The molecule has 0 spiro atoms. The lowest BCUT2D eigenvalue weighted by Gasteiger charge is -2.32. The van der Waals surface area contributed by atoms with Crippen molar-refractivity contribution in [2.45, 2.75) is 0 Å². The lowest BCUT2D eigenvalue weighted by molar-refractivity contribution is 1.18. The number of benzene rings is 12. The quantitative estimate of drug-likeness (QED) is 0.140. The SMILES string of the molecule is c1ccc(-c2cccc3cccc(-c4ccccc4N(c4ccccc4-c4ccc5c(c4)c4ccccc4n5-c4ccccc4)c4ccccc4-c4cccc5cccc(-c6ccccc6)c45)c23)cc1. The lowest BCUT2D eigenvalue weighted by atomic mass is 9.89. The van der Waals surface area contributed by atoms with E-state index in [1.807, 2.05) is 0 Å². The summed E-state index contributed by atoms with van der Waals surface area (Å²) in [5.41, 5.74) is 18.5. The molecule has 0 aliphatic carbocycles. The fourth-order valence-electron chi connectivity index (χ4n) is 10.9. The monoisotopic (exact) mass is 890 g/mol. The highest BCUT2D eigenvalue weighted by molar-refractivity contribution is 6.13. The Balaban J connectivity index is 1.09. The lowest BCUT2D eigenvalue weighted by Crippen LogP contribution is -2.13. The second kappa shape index (κ2) is 17.4. The van der Waals surface area contributed by atoms with Crippen LogP contribution in [0.25, 0.3) is 105 Å². The van der Waals surface area contributed by atoms with Crippen molar-refractivity contribution in [3.05, 3.63) is 279 Å². The van der Waals surface area contributed by atoms with Crippen LogP contribution in [0.5, 0.6) is 0 Å². The smallest absolute Gasteiger partial charge is 0.0541 e. The molecule has 0 atom stereocenters. The summed E-state index contributed by atoms with van der Waals surface area (Å²) in [6.07, 6.45) is 0. The van der Waals surface area contributed by atoms with Crippen molar-refractivity contribution in [3.63, 3.8) is 0 Å². The van der Waals surface area contributed by atoms with Gasteiger partial charge in [-0.25, -0.2) is 0 Å². The molecule has 0 radical (unpaired) electrons. The van der Waals surface area contributed by atoms with Gasteiger partial charge in [-0.15, -0.1) is 0 Å². The van der Waals surface area contributed by atoms with Gasteiger partial charge in [-0.3, -0.25) is 0 Å². The number of anilines is 3. The summed E-state index contributed by atoms with van der Waals surface area (Å²) in [4.78, 5) is 2.53. The van der Waals surface area contributed by atoms with Gasteiger partial charge in [0, 0.05) is 33.2 Å². The molecule has 2 nitrogen and oxygen atoms in total. The zero-order valence-corrected chi connectivity index (χ0v) is 38.5. The molecule has 0 unspecified atom stereocenters. The van der Waals surface area contributed by atoms with Gasteiger partial charge in [0.15, 0.2) is 0 Å². The largest absolute Gasteiger partial charge is 0.309 e. The van der Waals surface area contributed by atoms with Gasteiger partial charge in [-0.05, 0) is 109 Å². The minimum Gasteiger partial charge on any atom is -0.309 e. The highest BCUT2D eigenvalue weighted by Crippen LogP contribution is 2.51. The summed E-state index contributed by atoms with van der Waals surface area (Å²) >= 11 is 0. The Morgan fingerprint density at radius 1 is 0.243 bits per heavy atom. The summed E-state index contributed by atoms with van der Waals surface area (Å²) in [5.74, 6) is 0. The van der Waals surface area contributed by atoms with Gasteiger partial charge in [0.05, 0.1) is 28.1 Å². The average Bonchev–Trinajstić information content (AvgIpc) is 3.77. The Hall–Kier alpha value is -9.24. The first-order valence-corrected chi connectivity index (χ1v) is 24.1. The number of hydrogen-bond donors (Lipinski definition) is 0. The van der Waals surface area contributed by atoms with Crippen LogP contribution in [0.15, 0.2) is 279 Å². The topological polar surface area (TPSA) is 8.17 Å². The number of aromatic nitrogens is 1. The number of nitrogens with zero attached hydrogens (tertiary/aromatic N) is 2. The Bertz CT molecular complexity index is 3880. The van der Waals surface area contributed by atoms with E-state index in [0.29, 0.717) is 0 Å². The number of hydrogen-bond acceptors (Lipinski definition) is 1. The van der Waals surface area contributed by atoms with Crippen LogP contribution in [0.3, 0.4) is 0 Å².